The van der Waals surface area contributed by atoms with Gasteiger partial charge in [-0.2, -0.15) is 0 Å². The Labute approximate surface area is 100 Å². The Bertz CT molecular complexity index is 560. The summed E-state index contributed by atoms with van der Waals surface area (Å²) in [7, 11) is 0. The predicted molar refractivity (Wildman–Crippen MR) is 64.4 cm³/mol. The van der Waals surface area contributed by atoms with Crippen LogP contribution in [0, 0.1) is 6.92 Å². The first-order valence-corrected chi connectivity index (χ1v) is 5.93. The van der Waals surface area contributed by atoms with Crippen LogP contribution in [0.25, 0.3) is 11.4 Å². The highest BCUT2D eigenvalue weighted by Crippen LogP contribution is 2.25. The van der Waals surface area contributed by atoms with E-state index in [1.165, 1.54) is 5.56 Å². The van der Waals surface area contributed by atoms with Crippen LogP contribution in [0.3, 0.4) is 0 Å². The van der Waals surface area contributed by atoms with Crippen molar-refractivity contribution in [3.8, 4) is 11.4 Å². The lowest BCUT2D eigenvalue weighted by atomic mass is 10.1. The lowest BCUT2D eigenvalue weighted by Crippen LogP contribution is -2.02. The van der Waals surface area contributed by atoms with Gasteiger partial charge in [0.15, 0.2) is 5.82 Å². The summed E-state index contributed by atoms with van der Waals surface area (Å²) in [5.74, 6) is 1.66. The molecule has 2 aromatic rings. The molecule has 2 aromatic heterocycles. The fourth-order valence-electron chi connectivity index (χ4n) is 2.27. The molecule has 0 bridgehead atoms. The third-order valence-corrected chi connectivity index (χ3v) is 3.21. The first kappa shape index (κ1) is 10.5. The van der Waals surface area contributed by atoms with Gasteiger partial charge in [0.2, 0.25) is 0 Å². The van der Waals surface area contributed by atoms with Crippen molar-refractivity contribution in [1.29, 1.82) is 0 Å². The van der Waals surface area contributed by atoms with E-state index in [0.717, 1.165) is 48.0 Å². The Morgan fingerprint density at radius 2 is 2.24 bits per heavy atom. The highest BCUT2D eigenvalue weighted by atomic mass is 16.3. The van der Waals surface area contributed by atoms with Crippen molar-refractivity contribution in [2.75, 3.05) is 0 Å². The van der Waals surface area contributed by atoms with Crippen molar-refractivity contribution in [3.63, 3.8) is 0 Å². The number of nitrogens with one attached hydrogen (secondary N) is 1. The second-order valence-corrected chi connectivity index (χ2v) is 4.27. The number of aryl methyl sites for hydroxylation is 2. The van der Waals surface area contributed by atoms with Crippen molar-refractivity contribution in [3.05, 3.63) is 35.0 Å². The van der Waals surface area contributed by atoms with Gasteiger partial charge < -0.3 is 9.73 Å². The second kappa shape index (κ2) is 3.96. The summed E-state index contributed by atoms with van der Waals surface area (Å²) in [6.07, 6.45) is 2.63. The minimum Gasteiger partial charge on any atom is -0.469 e. The van der Waals surface area contributed by atoms with Gasteiger partial charge in [0.05, 0.1) is 17.5 Å². The Balaban J connectivity index is 2.16. The van der Waals surface area contributed by atoms with Gasteiger partial charge in [-0.3, -0.25) is 0 Å². The predicted octanol–water partition coefficient (Wildman–Crippen LogP) is 2.21. The first-order chi connectivity index (χ1) is 8.29. The number of rotatable bonds is 2. The normalized spacial score (nSPS) is 14.0. The fraction of sp³-hybridized carbons (Fsp3) is 0.385. The Hall–Kier alpha value is -1.68. The molecule has 88 valence electrons. The van der Waals surface area contributed by atoms with Gasteiger partial charge >= 0.3 is 0 Å². The standard InChI is InChI=1S/C13H15N3O/c1-3-11-10-6-14-7-12(10)16-13(15-11)9-4-5-17-8(9)2/h4-5,14H,3,6-7H2,1-2H3. The largest absolute Gasteiger partial charge is 0.469 e. The minimum absolute atomic E-state index is 0.788. The van der Waals surface area contributed by atoms with Crippen LogP contribution in [0.5, 0.6) is 0 Å². The van der Waals surface area contributed by atoms with Crippen LogP contribution >= 0.6 is 0 Å². The number of fused-ring (bicyclic) bond motifs is 1. The molecule has 0 spiro atoms. The van der Waals surface area contributed by atoms with E-state index < -0.39 is 0 Å². The lowest BCUT2D eigenvalue weighted by Gasteiger charge is -2.07. The summed E-state index contributed by atoms with van der Waals surface area (Å²) in [5, 5.41) is 3.32. The molecular formula is C13H15N3O. The zero-order chi connectivity index (χ0) is 11.8. The number of aromatic nitrogens is 2. The SMILES string of the molecule is CCc1nc(-c2ccoc2C)nc2c1CNC2. The summed E-state index contributed by atoms with van der Waals surface area (Å²) in [4.78, 5) is 9.29. The van der Waals surface area contributed by atoms with Gasteiger partial charge in [0.25, 0.3) is 0 Å². The lowest BCUT2D eigenvalue weighted by molar-refractivity contribution is 0.535. The zero-order valence-electron chi connectivity index (χ0n) is 10.1. The summed E-state index contributed by atoms with van der Waals surface area (Å²) < 4.78 is 5.32. The molecule has 0 aliphatic carbocycles. The average Bonchev–Trinajstić information content (AvgIpc) is 2.95. The van der Waals surface area contributed by atoms with Crippen LogP contribution in [-0.4, -0.2) is 9.97 Å². The molecule has 1 aliphatic heterocycles. The summed E-state index contributed by atoms with van der Waals surface area (Å²) in [6.45, 7) is 5.81. The fourth-order valence-corrected chi connectivity index (χ4v) is 2.27. The molecule has 0 amide bonds. The van der Waals surface area contributed by atoms with Crippen LogP contribution in [0.1, 0.15) is 29.6 Å². The van der Waals surface area contributed by atoms with Crippen molar-refractivity contribution in [2.45, 2.75) is 33.4 Å². The molecule has 1 N–H and O–H groups in total. The molecule has 1 aliphatic rings. The van der Waals surface area contributed by atoms with E-state index in [4.69, 9.17) is 4.42 Å². The maximum Gasteiger partial charge on any atom is 0.163 e. The van der Waals surface area contributed by atoms with Crippen molar-refractivity contribution >= 4 is 0 Å². The van der Waals surface area contributed by atoms with Gasteiger partial charge in [-0.1, -0.05) is 6.92 Å². The van der Waals surface area contributed by atoms with Crippen LogP contribution in [0.2, 0.25) is 0 Å². The molecule has 3 rings (SSSR count). The maximum absolute atomic E-state index is 5.32. The van der Waals surface area contributed by atoms with E-state index in [-0.39, 0.29) is 0 Å². The molecule has 0 saturated carbocycles. The van der Waals surface area contributed by atoms with Crippen LogP contribution in [0.4, 0.5) is 0 Å². The molecule has 0 unspecified atom stereocenters. The van der Waals surface area contributed by atoms with Crippen molar-refractivity contribution in [2.24, 2.45) is 0 Å². The Morgan fingerprint density at radius 1 is 1.35 bits per heavy atom. The molecule has 3 heterocycles. The van der Waals surface area contributed by atoms with Gasteiger partial charge in [-0.05, 0) is 19.4 Å². The second-order valence-electron chi connectivity index (χ2n) is 4.27. The van der Waals surface area contributed by atoms with E-state index in [1.54, 1.807) is 6.26 Å². The topological polar surface area (TPSA) is 51.0 Å². The molecule has 17 heavy (non-hydrogen) atoms. The molecule has 0 saturated heterocycles. The molecule has 4 nitrogen and oxygen atoms in total. The Kier molecular flexibility index (Phi) is 2.44. The molecule has 4 heteroatoms. The zero-order valence-corrected chi connectivity index (χ0v) is 10.1. The van der Waals surface area contributed by atoms with E-state index in [2.05, 4.69) is 22.2 Å². The minimum atomic E-state index is 0.788. The molecule has 0 radical (unpaired) electrons. The van der Waals surface area contributed by atoms with Crippen molar-refractivity contribution in [1.82, 2.24) is 15.3 Å². The van der Waals surface area contributed by atoms with E-state index in [0.29, 0.717) is 0 Å². The first-order valence-electron chi connectivity index (χ1n) is 5.93. The van der Waals surface area contributed by atoms with Gasteiger partial charge in [-0.25, -0.2) is 9.97 Å². The third kappa shape index (κ3) is 1.65. The number of furan rings is 1. The quantitative estimate of drug-likeness (QED) is 0.857. The summed E-state index contributed by atoms with van der Waals surface area (Å²) >= 11 is 0. The smallest absolute Gasteiger partial charge is 0.163 e. The summed E-state index contributed by atoms with van der Waals surface area (Å²) in [5.41, 5.74) is 4.55. The average molecular weight is 229 g/mol. The van der Waals surface area contributed by atoms with Crippen LogP contribution in [-0.2, 0) is 19.5 Å². The van der Waals surface area contributed by atoms with Gasteiger partial charge in [0, 0.05) is 24.3 Å². The highest BCUT2D eigenvalue weighted by Gasteiger charge is 2.19. The number of hydrogen-bond acceptors (Lipinski definition) is 4. The molecule has 0 atom stereocenters. The van der Waals surface area contributed by atoms with Crippen LogP contribution in [0.15, 0.2) is 16.7 Å². The molecule has 0 fully saturated rings. The summed E-state index contributed by atoms with van der Waals surface area (Å²) in [6, 6.07) is 1.93. The molecular weight excluding hydrogens is 214 g/mol. The van der Waals surface area contributed by atoms with E-state index in [9.17, 15) is 0 Å². The Morgan fingerprint density at radius 3 is 2.94 bits per heavy atom. The van der Waals surface area contributed by atoms with Gasteiger partial charge in [-0.15, -0.1) is 0 Å². The highest BCUT2D eigenvalue weighted by molar-refractivity contribution is 5.58. The third-order valence-electron chi connectivity index (χ3n) is 3.21. The van der Waals surface area contributed by atoms with Crippen molar-refractivity contribution < 1.29 is 4.42 Å². The number of hydrogen-bond donors (Lipinski definition) is 1. The number of nitrogens with zero attached hydrogens (tertiary/aromatic N) is 2. The van der Waals surface area contributed by atoms with E-state index in [1.807, 2.05) is 13.0 Å². The van der Waals surface area contributed by atoms with Crippen LogP contribution < -0.4 is 5.32 Å². The maximum atomic E-state index is 5.32. The monoisotopic (exact) mass is 229 g/mol. The molecule has 0 aromatic carbocycles. The van der Waals surface area contributed by atoms with E-state index >= 15 is 0 Å². The van der Waals surface area contributed by atoms with Gasteiger partial charge in [0.1, 0.15) is 5.76 Å².